The van der Waals surface area contributed by atoms with Crippen LogP contribution in [-0.2, 0) is 14.3 Å². The fraction of sp³-hybridized carbons (Fsp3) is 0.182. The third-order valence-corrected chi connectivity index (χ3v) is 1.86. The minimum atomic E-state index is -1.11. The number of carbonyl (C=O) groups is 1. The lowest BCUT2D eigenvalue weighted by Crippen LogP contribution is -2.25. The SMILES string of the molecule is C=CCOC1C(=C=O)C=CC=C1C(=O)O. The molecule has 1 unspecified atom stereocenters. The molecule has 0 aromatic carbocycles. The van der Waals surface area contributed by atoms with E-state index in [-0.39, 0.29) is 17.8 Å². The first-order chi connectivity index (χ1) is 7.20. The second-order valence-electron chi connectivity index (χ2n) is 2.85. The van der Waals surface area contributed by atoms with E-state index in [4.69, 9.17) is 9.84 Å². The van der Waals surface area contributed by atoms with Crippen LogP contribution in [0.4, 0.5) is 0 Å². The molecule has 4 heteroatoms. The van der Waals surface area contributed by atoms with Gasteiger partial charge in [-0.05, 0) is 12.2 Å². The predicted molar refractivity (Wildman–Crippen MR) is 54.0 cm³/mol. The van der Waals surface area contributed by atoms with Gasteiger partial charge >= 0.3 is 5.97 Å². The van der Waals surface area contributed by atoms with Crippen molar-refractivity contribution in [3.63, 3.8) is 0 Å². The lowest BCUT2D eigenvalue weighted by molar-refractivity contribution is -0.133. The van der Waals surface area contributed by atoms with Gasteiger partial charge in [0.15, 0.2) is 0 Å². The molecule has 0 spiro atoms. The minimum absolute atomic E-state index is 0.0256. The number of carboxylic acid groups (broad SMARTS) is 1. The van der Waals surface area contributed by atoms with Gasteiger partial charge in [-0.25, -0.2) is 9.59 Å². The quantitative estimate of drug-likeness (QED) is 0.548. The van der Waals surface area contributed by atoms with E-state index in [1.54, 1.807) is 5.94 Å². The van der Waals surface area contributed by atoms with Gasteiger partial charge in [-0.2, -0.15) is 0 Å². The Bertz CT molecular complexity index is 383. The molecule has 0 saturated heterocycles. The fourth-order valence-corrected chi connectivity index (χ4v) is 1.21. The molecule has 78 valence electrons. The number of rotatable bonds is 4. The molecule has 0 aromatic heterocycles. The van der Waals surface area contributed by atoms with Crippen molar-refractivity contribution in [1.29, 1.82) is 0 Å². The fourth-order valence-electron chi connectivity index (χ4n) is 1.21. The van der Waals surface area contributed by atoms with Gasteiger partial charge in [0.1, 0.15) is 12.0 Å². The summed E-state index contributed by atoms with van der Waals surface area (Å²) in [6, 6.07) is 0. The van der Waals surface area contributed by atoms with E-state index in [0.717, 1.165) is 0 Å². The Balaban J connectivity index is 2.97. The second kappa shape index (κ2) is 5.10. The molecule has 4 nitrogen and oxygen atoms in total. The van der Waals surface area contributed by atoms with Crippen LogP contribution in [0.2, 0.25) is 0 Å². The van der Waals surface area contributed by atoms with Crippen molar-refractivity contribution < 1.29 is 19.4 Å². The van der Waals surface area contributed by atoms with Gasteiger partial charge in [0, 0.05) is 0 Å². The normalized spacial score (nSPS) is 19.3. The number of aliphatic carboxylic acids is 1. The van der Waals surface area contributed by atoms with Crippen LogP contribution in [-0.4, -0.2) is 29.7 Å². The standard InChI is InChI=1S/C11H10O4/c1-2-6-15-10-8(7-12)4-3-5-9(10)11(13)14/h2-5,10H,1,6H2,(H,13,14). The molecular weight excluding hydrogens is 196 g/mol. The van der Waals surface area contributed by atoms with E-state index in [0.29, 0.717) is 0 Å². The molecule has 1 aliphatic rings. The Labute approximate surface area is 86.9 Å². The molecular formula is C11H10O4. The van der Waals surface area contributed by atoms with Crippen LogP contribution in [0.15, 0.2) is 42.0 Å². The van der Waals surface area contributed by atoms with Crippen LogP contribution < -0.4 is 0 Å². The van der Waals surface area contributed by atoms with E-state index < -0.39 is 12.1 Å². The molecule has 1 rings (SSSR count). The lowest BCUT2D eigenvalue weighted by Gasteiger charge is -2.18. The van der Waals surface area contributed by atoms with Gasteiger partial charge in [0.05, 0.1) is 17.8 Å². The van der Waals surface area contributed by atoms with Gasteiger partial charge in [0.2, 0.25) is 0 Å². The van der Waals surface area contributed by atoms with Crippen LogP contribution >= 0.6 is 0 Å². The molecule has 1 N–H and O–H groups in total. The van der Waals surface area contributed by atoms with Crippen LogP contribution in [0.3, 0.4) is 0 Å². The zero-order valence-corrected chi connectivity index (χ0v) is 7.97. The van der Waals surface area contributed by atoms with Crippen molar-refractivity contribution >= 4 is 11.9 Å². The molecule has 0 bridgehead atoms. The first-order valence-corrected chi connectivity index (χ1v) is 4.29. The molecule has 1 atom stereocenters. The molecule has 0 amide bonds. The third kappa shape index (κ3) is 2.53. The van der Waals surface area contributed by atoms with Crippen molar-refractivity contribution in [1.82, 2.24) is 0 Å². The second-order valence-corrected chi connectivity index (χ2v) is 2.85. The van der Waals surface area contributed by atoms with Crippen molar-refractivity contribution in [3.8, 4) is 0 Å². The number of carboxylic acids is 1. The molecule has 1 aliphatic carbocycles. The Hall–Kier alpha value is -1.90. The highest BCUT2D eigenvalue weighted by molar-refractivity contribution is 5.91. The number of allylic oxidation sites excluding steroid dienone is 2. The summed E-state index contributed by atoms with van der Waals surface area (Å²) in [5, 5.41) is 8.87. The average Bonchev–Trinajstić information content (AvgIpc) is 2.25. The van der Waals surface area contributed by atoms with Crippen molar-refractivity contribution in [3.05, 3.63) is 42.0 Å². The third-order valence-electron chi connectivity index (χ3n) is 1.86. The van der Waals surface area contributed by atoms with E-state index >= 15 is 0 Å². The zero-order valence-electron chi connectivity index (χ0n) is 7.97. The predicted octanol–water partition coefficient (Wildman–Crippen LogP) is 0.896. The molecule has 0 fully saturated rings. The highest BCUT2D eigenvalue weighted by Crippen LogP contribution is 2.20. The highest BCUT2D eigenvalue weighted by Gasteiger charge is 2.26. The summed E-state index contributed by atoms with van der Waals surface area (Å²) >= 11 is 0. The number of hydrogen-bond acceptors (Lipinski definition) is 3. The average molecular weight is 206 g/mol. The molecule has 0 heterocycles. The Morgan fingerprint density at radius 2 is 2.47 bits per heavy atom. The van der Waals surface area contributed by atoms with E-state index in [1.807, 2.05) is 0 Å². The van der Waals surface area contributed by atoms with Gasteiger partial charge < -0.3 is 9.84 Å². The summed E-state index contributed by atoms with van der Waals surface area (Å²) < 4.78 is 5.19. The Kier molecular flexibility index (Phi) is 3.80. The van der Waals surface area contributed by atoms with Gasteiger partial charge in [-0.3, -0.25) is 0 Å². The summed E-state index contributed by atoms with van der Waals surface area (Å²) in [5.41, 5.74) is 0.203. The first kappa shape index (κ1) is 11.2. The topological polar surface area (TPSA) is 63.6 Å². The number of hydrogen-bond donors (Lipinski definition) is 1. The first-order valence-electron chi connectivity index (χ1n) is 4.29. The molecule has 0 radical (unpaired) electrons. The molecule has 0 aromatic rings. The lowest BCUT2D eigenvalue weighted by atomic mass is 9.97. The smallest absolute Gasteiger partial charge is 0.334 e. The maximum atomic E-state index is 10.8. The summed E-state index contributed by atoms with van der Waals surface area (Å²) in [5.74, 6) is 0.554. The molecule has 0 aliphatic heterocycles. The van der Waals surface area contributed by atoms with Crippen LogP contribution in [0.5, 0.6) is 0 Å². The Morgan fingerprint density at radius 3 is 3.00 bits per heavy atom. The van der Waals surface area contributed by atoms with Crippen LogP contribution in [0.25, 0.3) is 0 Å². The minimum Gasteiger partial charge on any atom is -0.478 e. The summed E-state index contributed by atoms with van der Waals surface area (Å²) in [6.45, 7) is 3.62. The van der Waals surface area contributed by atoms with E-state index in [1.165, 1.54) is 24.3 Å². The summed E-state index contributed by atoms with van der Waals surface area (Å²) in [4.78, 5) is 21.4. The van der Waals surface area contributed by atoms with Crippen molar-refractivity contribution in [2.75, 3.05) is 6.61 Å². The maximum Gasteiger partial charge on any atom is 0.334 e. The van der Waals surface area contributed by atoms with Crippen LogP contribution in [0.1, 0.15) is 0 Å². The monoisotopic (exact) mass is 206 g/mol. The number of carbonyl (C=O) groups excluding carboxylic acids is 1. The number of ether oxygens (including phenoxy) is 1. The summed E-state index contributed by atoms with van der Waals surface area (Å²) in [6.07, 6.45) is 4.99. The van der Waals surface area contributed by atoms with Crippen LogP contribution in [0, 0.1) is 0 Å². The maximum absolute atomic E-state index is 10.8. The molecule has 0 saturated carbocycles. The van der Waals surface area contributed by atoms with Crippen molar-refractivity contribution in [2.24, 2.45) is 0 Å². The van der Waals surface area contributed by atoms with Gasteiger partial charge in [0.25, 0.3) is 0 Å². The Morgan fingerprint density at radius 1 is 1.73 bits per heavy atom. The van der Waals surface area contributed by atoms with Gasteiger partial charge in [-0.15, -0.1) is 6.58 Å². The van der Waals surface area contributed by atoms with E-state index in [2.05, 4.69) is 6.58 Å². The largest absolute Gasteiger partial charge is 0.478 e. The zero-order chi connectivity index (χ0) is 11.3. The summed E-state index contributed by atoms with van der Waals surface area (Å²) in [7, 11) is 0. The molecule has 15 heavy (non-hydrogen) atoms. The van der Waals surface area contributed by atoms with Gasteiger partial charge in [-0.1, -0.05) is 12.2 Å². The van der Waals surface area contributed by atoms with Crippen molar-refractivity contribution in [2.45, 2.75) is 6.10 Å². The van der Waals surface area contributed by atoms with E-state index in [9.17, 15) is 9.59 Å². The highest BCUT2D eigenvalue weighted by atomic mass is 16.5.